The van der Waals surface area contributed by atoms with Crippen molar-refractivity contribution in [2.45, 2.75) is 35.8 Å². The third kappa shape index (κ3) is 4.78. The summed E-state index contributed by atoms with van der Waals surface area (Å²) in [4.78, 5) is 30.6. The first-order chi connectivity index (χ1) is 14.5. The zero-order valence-corrected chi connectivity index (χ0v) is 18.2. The normalized spacial score (nSPS) is 18.5. The number of fused-ring (bicyclic) bond motifs is 1. The Labute approximate surface area is 181 Å². The lowest BCUT2D eigenvalue weighted by Crippen LogP contribution is -2.38. The van der Waals surface area contributed by atoms with Crippen molar-refractivity contribution in [3.63, 3.8) is 0 Å². The van der Waals surface area contributed by atoms with Crippen LogP contribution in [0.25, 0.3) is 0 Å². The van der Waals surface area contributed by atoms with E-state index in [1.54, 1.807) is 16.8 Å². The maximum atomic E-state index is 13.1. The molecular weight excluding hydrogens is 401 g/mol. The molecule has 5 nitrogen and oxygen atoms in total. The Morgan fingerprint density at radius 1 is 1.03 bits per heavy atom. The lowest BCUT2D eigenvalue weighted by molar-refractivity contribution is 0.0740. The van der Waals surface area contributed by atoms with E-state index in [0.717, 1.165) is 43.8 Å². The van der Waals surface area contributed by atoms with Crippen molar-refractivity contribution in [3.8, 4) is 0 Å². The SMILES string of the molecule is Cn1ccc2c1C(=O)N(CCCN1CCC(Sc3ccc(F)cc3)CC1)CCC2=O. The predicted molar refractivity (Wildman–Crippen MR) is 117 cm³/mol. The van der Waals surface area contributed by atoms with Gasteiger partial charge in [-0.05, 0) is 69.2 Å². The van der Waals surface area contributed by atoms with E-state index in [-0.39, 0.29) is 17.5 Å². The second kappa shape index (κ2) is 9.35. The van der Waals surface area contributed by atoms with Crippen LogP contribution < -0.4 is 0 Å². The highest BCUT2D eigenvalue weighted by molar-refractivity contribution is 8.00. The molecule has 1 fully saturated rings. The molecule has 2 aromatic rings. The number of ketones is 1. The van der Waals surface area contributed by atoms with Crippen molar-refractivity contribution < 1.29 is 14.0 Å². The highest BCUT2D eigenvalue weighted by atomic mass is 32.2. The van der Waals surface area contributed by atoms with Crippen molar-refractivity contribution >= 4 is 23.5 Å². The summed E-state index contributed by atoms with van der Waals surface area (Å²) in [5, 5.41) is 0.570. The van der Waals surface area contributed by atoms with Crippen LogP contribution in [0, 0.1) is 5.82 Å². The number of halogens is 1. The van der Waals surface area contributed by atoms with Gasteiger partial charge >= 0.3 is 0 Å². The highest BCUT2D eigenvalue weighted by Gasteiger charge is 2.29. The molecule has 0 bridgehead atoms. The smallest absolute Gasteiger partial charge is 0.271 e. The number of piperidine rings is 1. The molecule has 2 aliphatic heterocycles. The predicted octanol–water partition coefficient (Wildman–Crippen LogP) is 3.84. The summed E-state index contributed by atoms with van der Waals surface area (Å²) in [6, 6.07) is 8.51. The molecule has 1 aromatic heterocycles. The van der Waals surface area contributed by atoms with Gasteiger partial charge in [0, 0.05) is 48.5 Å². The van der Waals surface area contributed by atoms with E-state index in [0.29, 0.717) is 36.0 Å². The number of thioether (sulfide) groups is 1. The highest BCUT2D eigenvalue weighted by Crippen LogP contribution is 2.30. The van der Waals surface area contributed by atoms with Gasteiger partial charge in [-0.1, -0.05) is 0 Å². The fraction of sp³-hybridized carbons (Fsp3) is 0.478. The van der Waals surface area contributed by atoms with E-state index in [1.165, 1.54) is 12.1 Å². The Hall–Kier alpha value is -2.12. The van der Waals surface area contributed by atoms with Gasteiger partial charge in [0.25, 0.3) is 5.91 Å². The summed E-state index contributed by atoms with van der Waals surface area (Å²) in [6.07, 6.45) is 5.33. The van der Waals surface area contributed by atoms with Crippen LogP contribution in [0.15, 0.2) is 41.4 Å². The summed E-state index contributed by atoms with van der Waals surface area (Å²) in [7, 11) is 1.82. The number of carbonyl (C=O) groups is 2. The summed E-state index contributed by atoms with van der Waals surface area (Å²) >= 11 is 1.84. The quantitative estimate of drug-likeness (QED) is 0.700. The van der Waals surface area contributed by atoms with Gasteiger partial charge in [0.15, 0.2) is 5.78 Å². The molecule has 0 atom stereocenters. The van der Waals surface area contributed by atoms with Crippen molar-refractivity contribution in [1.29, 1.82) is 0 Å². The van der Waals surface area contributed by atoms with Crippen LogP contribution in [0.1, 0.15) is 46.5 Å². The van der Waals surface area contributed by atoms with Crippen LogP contribution in [0.4, 0.5) is 4.39 Å². The molecule has 0 saturated carbocycles. The summed E-state index contributed by atoms with van der Waals surface area (Å²) in [5.41, 5.74) is 1.09. The molecule has 0 aliphatic carbocycles. The molecule has 0 N–H and O–H groups in total. The van der Waals surface area contributed by atoms with E-state index >= 15 is 0 Å². The molecule has 0 spiro atoms. The fourth-order valence-corrected chi connectivity index (χ4v) is 5.42. The minimum absolute atomic E-state index is 0.0299. The minimum atomic E-state index is -0.190. The van der Waals surface area contributed by atoms with Crippen molar-refractivity contribution in [2.75, 3.05) is 32.7 Å². The Balaban J connectivity index is 1.23. The van der Waals surface area contributed by atoms with Gasteiger partial charge in [-0.25, -0.2) is 4.39 Å². The molecule has 3 heterocycles. The molecule has 4 rings (SSSR count). The molecule has 0 radical (unpaired) electrons. The number of rotatable bonds is 6. The first-order valence-corrected chi connectivity index (χ1v) is 11.5. The molecule has 0 unspecified atom stereocenters. The minimum Gasteiger partial charge on any atom is -0.346 e. The number of benzene rings is 1. The number of likely N-dealkylation sites (tertiary alicyclic amines) is 1. The summed E-state index contributed by atoms with van der Waals surface area (Å²) in [5.74, 6) is -0.162. The lowest BCUT2D eigenvalue weighted by Gasteiger charge is -2.32. The average Bonchev–Trinajstić information content (AvgIpc) is 3.09. The molecule has 30 heavy (non-hydrogen) atoms. The van der Waals surface area contributed by atoms with E-state index in [2.05, 4.69) is 4.90 Å². The zero-order chi connectivity index (χ0) is 21.1. The Bertz CT molecular complexity index is 904. The van der Waals surface area contributed by atoms with Gasteiger partial charge in [0.05, 0.1) is 0 Å². The Morgan fingerprint density at radius 2 is 1.77 bits per heavy atom. The Kier molecular flexibility index (Phi) is 6.58. The van der Waals surface area contributed by atoms with Crippen LogP contribution in [-0.4, -0.2) is 64.0 Å². The molecule has 1 amide bonds. The Morgan fingerprint density at radius 3 is 2.50 bits per heavy atom. The molecule has 1 aromatic carbocycles. The van der Waals surface area contributed by atoms with E-state index < -0.39 is 0 Å². The van der Waals surface area contributed by atoms with Crippen LogP contribution in [-0.2, 0) is 7.05 Å². The second-order valence-electron chi connectivity index (χ2n) is 8.12. The van der Waals surface area contributed by atoms with Gasteiger partial charge in [-0.2, -0.15) is 0 Å². The molecule has 2 aliphatic rings. The number of hydrogen-bond donors (Lipinski definition) is 0. The number of carbonyl (C=O) groups excluding carboxylic acids is 2. The number of hydrogen-bond acceptors (Lipinski definition) is 4. The van der Waals surface area contributed by atoms with Gasteiger partial charge in [0.2, 0.25) is 0 Å². The van der Waals surface area contributed by atoms with Crippen molar-refractivity contribution in [1.82, 2.24) is 14.4 Å². The maximum absolute atomic E-state index is 13.1. The third-order valence-corrected chi connectivity index (χ3v) is 7.37. The van der Waals surface area contributed by atoms with Gasteiger partial charge in [0.1, 0.15) is 11.5 Å². The molecule has 160 valence electrons. The fourth-order valence-electron chi connectivity index (χ4n) is 4.30. The number of aryl methyl sites for hydroxylation is 1. The third-order valence-electron chi connectivity index (χ3n) is 6.02. The van der Waals surface area contributed by atoms with Crippen molar-refractivity contribution in [2.24, 2.45) is 7.05 Å². The van der Waals surface area contributed by atoms with Crippen LogP contribution in [0.5, 0.6) is 0 Å². The summed E-state index contributed by atoms with van der Waals surface area (Å²) in [6.45, 7) is 4.25. The number of amides is 1. The molecular formula is C23H28FN3O2S. The topological polar surface area (TPSA) is 45.6 Å². The lowest BCUT2D eigenvalue weighted by atomic mass is 10.1. The standard InChI is InChI=1S/C23H28FN3O2S/c1-25-13-9-20-21(28)10-16-27(23(29)22(20)25)12-2-11-26-14-7-19(8-15-26)30-18-5-3-17(24)4-6-18/h3-6,9,13,19H,2,7-8,10-12,14-16H2,1H3. The van der Waals surface area contributed by atoms with Crippen LogP contribution in [0.3, 0.4) is 0 Å². The van der Waals surface area contributed by atoms with Crippen LogP contribution >= 0.6 is 11.8 Å². The maximum Gasteiger partial charge on any atom is 0.271 e. The number of nitrogens with zero attached hydrogens (tertiary/aromatic N) is 3. The largest absolute Gasteiger partial charge is 0.346 e. The average molecular weight is 430 g/mol. The van der Waals surface area contributed by atoms with Gasteiger partial charge in [-0.3, -0.25) is 9.59 Å². The first kappa shape index (κ1) is 21.1. The first-order valence-electron chi connectivity index (χ1n) is 10.6. The summed E-state index contributed by atoms with van der Waals surface area (Å²) < 4.78 is 14.8. The monoisotopic (exact) mass is 429 g/mol. The van der Waals surface area contributed by atoms with Gasteiger partial charge < -0.3 is 14.4 Å². The number of aromatic nitrogens is 1. The van der Waals surface area contributed by atoms with Gasteiger partial charge in [-0.15, -0.1) is 11.8 Å². The van der Waals surface area contributed by atoms with E-state index in [4.69, 9.17) is 0 Å². The molecule has 1 saturated heterocycles. The number of Topliss-reactive ketones (excluding diaryl/α,β-unsaturated/α-hetero) is 1. The second-order valence-corrected chi connectivity index (χ2v) is 9.49. The van der Waals surface area contributed by atoms with Crippen molar-refractivity contribution in [3.05, 3.63) is 53.6 Å². The van der Waals surface area contributed by atoms with E-state index in [1.807, 2.05) is 35.8 Å². The zero-order valence-electron chi connectivity index (χ0n) is 17.3. The van der Waals surface area contributed by atoms with Crippen LogP contribution in [0.2, 0.25) is 0 Å². The molecule has 7 heteroatoms. The van der Waals surface area contributed by atoms with E-state index in [9.17, 15) is 14.0 Å².